The highest BCUT2D eigenvalue weighted by Gasteiger charge is 2.38. The summed E-state index contributed by atoms with van der Waals surface area (Å²) in [6.07, 6.45) is 2.38. The Labute approximate surface area is 103 Å². The Morgan fingerprint density at radius 1 is 1.62 bits per heavy atom. The zero-order chi connectivity index (χ0) is 12.2. The molecule has 0 aromatic heterocycles. The van der Waals surface area contributed by atoms with E-state index in [-0.39, 0.29) is 17.1 Å². The molecule has 0 amide bonds. The van der Waals surface area contributed by atoms with E-state index >= 15 is 0 Å². The van der Waals surface area contributed by atoms with Crippen molar-refractivity contribution in [3.05, 3.63) is 0 Å². The van der Waals surface area contributed by atoms with E-state index in [0.717, 1.165) is 19.1 Å². The van der Waals surface area contributed by atoms with Crippen LogP contribution in [0.3, 0.4) is 0 Å². The second-order valence-electron chi connectivity index (χ2n) is 3.97. The minimum Gasteiger partial charge on any atom is -0.477 e. The Balaban J connectivity index is 2.75. The molecule has 16 heavy (non-hydrogen) atoms. The van der Waals surface area contributed by atoms with E-state index in [1.54, 1.807) is 0 Å². The fourth-order valence-electron chi connectivity index (χ4n) is 2.09. The lowest BCUT2D eigenvalue weighted by Gasteiger charge is -2.41. The van der Waals surface area contributed by atoms with Gasteiger partial charge in [-0.15, -0.1) is 0 Å². The largest absolute Gasteiger partial charge is 0.477 e. The first-order valence-corrected chi connectivity index (χ1v) is 5.58. The average Bonchev–Trinajstić information content (AvgIpc) is 2.15. The van der Waals surface area contributed by atoms with Crippen molar-refractivity contribution >= 4 is 35.8 Å². The molecule has 1 rings (SSSR count). The van der Waals surface area contributed by atoms with Crippen LogP contribution in [0.1, 0.15) is 12.8 Å². The third-order valence-electron chi connectivity index (χ3n) is 2.66. The minimum absolute atomic E-state index is 0.00819. The van der Waals surface area contributed by atoms with Crippen LogP contribution in [0.15, 0.2) is 0 Å². The van der Waals surface area contributed by atoms with Gasteiger partial charge < -0.3 is 9.90 Å². The standard InChI is InChI=1S/C8H13Cl2N3O3/c9-12(10)11-13(5-8(15)16)3-1-2-7(4-13)6-14/h6-7,11H,1-5H2/p+1. The summed E-state index contributed by atoms with van der Waals surface area (Å²) in [6, 6.07) is 0. The van der Waals surface area contributed by atoms with Gasteiger partial charge >= 0.3 is 5.97 Å². The first-order valence-electron chi connectivity index (χ1n) is 4.90. The van der Waals surface area contributed by atoms with E-state index in [1.807, 2.05) is 0 Å². The summed E-state index contributed by atoms with van der Waals surface area (Å²) in [7, 11) is 0. The van der Waals surface area contributed by atoms with Crippen LogP contribution in [-0.2, 0) is 9.59 Å². The van der Waals surface area contributed by atoms with Crippen molar-refractivity contribution in [2.24, 2.45) is 5.92 Å². The van der Waals surface area contributed by atoms with Gasteiger partial charge in [0.15, 0.2) is 6.54 Å². The second-order valence-corrected chi connectivity index (χ2v) is 4.82. The van der Waals surface area contributed by atoms with E-state index < -0.39 is 5.97 Å². The van der Waals surface area contributed by atoms with Gasteiger partial charge in [-0.2, -0.15) is 0 Å². The van der Waals surface area contributed by atoms with Crippen LogP contribution in [-0.4, -0.2) is 45.6 Å². The molecule has 1 fully saturated rings. The van der Waals surface area contributed by atoms with Crippen LogP contribution >= 0.6 is 23.6 Å². The number of hydrazine groups is 1. The maximum atomic E-state index is 10.8. The Bertz CT molecular complexity index is 277. The number of aliphatic carboxylic acids is 1. The summed E-state index contributed by atoms with van der Waals surface area (Å²) in [6.45, 7) is 0.790. The number of aldehydes is 1. The van der Waals surface area contributed by atoms with Gasteiger partial charge in [-0.05, 0) is 16.9 Å². The van der Waals surface area contributed by atoms with E-state index in [2.05, 4.69) is 5.53 Å². The summed E-state index contributed by atoms with van der Waals surface area (Å²) in [5, 5.41) is 8.85. The first kappa shape index (κ1) is 13.7. The number of likely N-dealkylation sites (tertiary alicyclic amines) is 1. The van der Waals surface area contributed by atoms with Crippen LogP contribution < -0.4 is 5.53 Å². The molecular weight excluding hydrogens is 257 g/mol. The number of carbonyl (C=O) groups excluding carboxylic acids is 1. The minimum atomic E-state index is -0.964. The second kappa shape index (κ2) is 5.79. The Morgan fingerprint density at radius 2 is 2.31 bits per heavy atom. The highest BCUT2D eigenvalue weighted by Crippen LogP contribution is 2.21. The molecule has 0 aromatic rings. The maximum Gasteiger partial charge on any atom is 0.361 e. The summed E-state index contributed by atoms with van der Waals surface area (Å²) in [4.78, 5) is 21.6. The van der Waals surface area contributed by atoms with Gasteiger partial charge in [0.25, 0.3) is 0 Å². The van der Waals surface area contributed by atoms with E-state index in [9.17, 15) is 9.59 Å². The Hall–Kier alpha value is -0.400. The van der Waals surface area contributed by atoms with Crippen LogP contribution in [0.4, 0.5) is 0 Å². The molecule has 1 saturated heterocycles. The SMILES string of the molecule is O=CC1CCC[N+](CC(=O)O)(NN(Cl)Cl)C1. The van der Waals surface area contributed by atoms with Crippen molar-refractivity contribution in [1.82, 2.24) is 9.58 Å². The van der Waals surface area contributed by atoms with Gasteiger partial charge in [0, 0.05) is 23.6 Å². The van der Waals surface area contributed by atoms with Gasteiger partial charge in [-0.1, -0.05) is 5.53 Å². The third kappa shape index (κ3) is 3.88. The number of carboxylic acid groups (broad SMARTS) is 1. The highest BCUT2D eigenvalue weighted by molar-refractivity contribution is 6.33. The molecule has 0 aromatic carbocycles. The van der Waals surface area contributed by atoms with Crippen molar-refractivity contribution < 1.29 is 19.3 Å². The highest BCUT2D eigenvalue weighted by atomic mass is 35.5. The molecule has 0 bridgehead atoms. The topological polar surface area (TPSA) is 69.6 Å². The predicted molar refractivity (Wildman–Crippen MR) is 58.0 cm³/mol. The number of rotatable bonds is 5. The average molecular weight is 271 g/mol. The molecule has 1 aliphatic heterocycles. The van der Waals surface area contributed by atoms with Gasteiger partial charge in [-0.3, -0.25) is 0 Å². The van der Waals surface area contributed by atoms with Crippen molar-refractivity contribution in [2.75, 3.05) is 19.6 Å². The lowest BCUT2D eigenvalue weighted by Crippen LogP contribution is -2.66. The Kier molecular flexibility index (Phi) is 4.94. The molecular formula is C8H14Cl2N3O3+. The molecule has 92 valence electrons. The molecule has 0 spiro atoms. The van der Waals surface area contributed by atoms with Crippen molar-refractivity contribution in [3.8, 4) is 0 Å². The molecule has 1 aliphatic rings. The fourth-order valence-corrected chi connectivity index (χ4v) is 2.41. The first-order chi connectivity index (χ1) is 7.47. The van der Waals surface area contributed by atoms with Crippen molar-refractivity contribution in [3.63, 3.8) is 0 Å². The van der Waals surface area contributed by atoms with Crippen LogP contribution in [0.5, 0.6) is 0 Å². The van der Waals surface area contributed by atoms with E-state index in [4.69, 9.17) is 28.7 Å². The molecule has 0 radical (unpaired) electrons. The van der Waals surface area contributed by atoms with Crippen molar-refractivity contribution in [1.29, 1.82) is 0 Å². The van der Waals surface area contributed by atoms with Gasteiger partial charge in [0.1, 0.15) is 12.8 Å². The monoisotopic (exact) mass is 270 g/mol. The number of halogens is 2. The van der Waals surface area contributed by atoms with Crippen LogP contribution in [0.25, 0.3) is 0 Å². The summed E-state index contributed by atoms with van der Waals surface area (Å²) in [5.74, 6) is -1.12. The molecule has 8 heteroatoms. The Morgan fingerprint density at radius 3 is 2.81 bits per heavy atom. The van der Waals surface area contributed by atoms with E-state index in [1.165, 1.54) is 0 Å². The lowest BCUT2D eigenvalue weighted by atomic mass is 9.99. The lowest BCUT2D eigenvalue weighted by molar-refractivity contribution is -0.978. The number of nitrogens with zero attached hydrogens (tertiary/aromatic N) is 2. The van der Waals surface area contributed by atoms with Gasteiger partial charge in [-0.25, -0.2) is 9.39 Å². The number of piperidine rings is 1. The summed E-state index contributed by atoms with van der Waals surface area (Å²) < 4.78 is 0.682. The fraction of sp³-hybridized carbons (Fsp3) is 0.750. The number of hydrogen-bond donors (Lipinski definition) is 2. The number of nitrogens with one attached hydrogen (secondary N) is 1. The van der Waals surface area contributed by atoms with Crippen LogP contribution in [0.2, 0.25) is 0 Å². The summed E-state index contributed by atoms with van der Waals surface area (Å²) in [5.41, 5.74) is 2.65. The molecule has 0 saturated carbocycles. The molecule has 1 heterocycles. The maximum absolute atomic E-state index is 10.8. The number of carbonyl (C=O) groups is 2. The molecule has 0 aliphatic carbocycles. The third-order valence-corrected chi connectivity index (χ3v) is 2.81. The zero-order valence-corrected chi connectivity index (χ0v) is 10.1. The van der Waals surface area contributed by atoms with Crippen LogP contribution in [0, 0.1) is 5.92 Å². The molecule has 2 unspecified atom stereocenters. The van der Waals surface area contributed by atoms with Gasteiger partial charge in [0.05, 0.1) is 12.5 Å². The molecule has 6 nitrogen and oxygen atoms in total. The van der Waals surface area contributed by atoms with E-state index in [0.29, 0.717) is 17.1 Å². The normalized spacial score (nSPS) is 30.3. The zero-order valence-electron chi connectivity index (χ0n) is 8.60. The summed E-state index contributed by atoms with van der Waals surface area (Å²) >= 11 is 10.9. The number of quaternary nitrogens is 1. The molecule has 2 atom stereocenters. The van der Waals surface area contributed by atoms with Crippen molar-refractivity contribution in [2.45, 2.75) is 12.8 Å². The number of hydrogen-bond acceptors (Lipinski definition) is 4. The molecule has 2 N–H and O–H groups in total. The quantitative estimate of drug-likeness (QED) is 0.330. The number of carboxylic acids is 1. The van der Waals surface area contributed by atoms with Gasteiger partial charge in [0.2, 0.25) is 0 Å². The predicted octanol–water partition coefficient (Wildman–Crippen LogP) is 0.526. The smallest absolute Gasteiger partial charge is 0.361 e.